The Hall–Kier alpha value is -1.82. The van der Waals surface area contributed by atoms with Crippen LogP contribution in [-0.2, 0) is 18.3 Å². The Morgan fingerprint density at radius 1 is 1.45 bits per heavy atom. The highest BCUT2D eigenvalue weighted by atomic mass is 79.9. The molecule has 0 fully saturated rings. The molecule has 0 unspecified atom stereocenters. The molecule has 0 saturated heterocycles. The van der Waals surface area contributed by atoms with E-state index in [1.807, 2.05) is 24.3 Å². The lowest BCUT2D eigenvalue weighted by atomic mass is 10.2. The molecule has 1 heterocycles. The molecule has 2 rings (SSSR count). The second-order valence-corrected chi connectivity index (χ2v) is 5.04. The third kappa shape index (κ3) is 3.19. The molecule has 1 aromatic carbocycles. The topological polar surface area (TPSA) is 56.1 Å². The third-order valence-electron chi connectivity index (χ3n) is 2.88. The van der Waals surface area contributed by atoms with Crippen LogP contribution in [-0.4, -0.2) is 22.4 Å². The van der Waals surface area contributed by atoms with Crippen molar-refractivity contribution in [1.29, 1.82) is 0 Å². The van der Waals surface area contributed by atoms with Gasteiger partial charge >= 0.3 is 5.97 Å². The first-order valence-corrected chi connectivity index (χ1v) is 7.09. The summed E-state index contributed by atoms with van der Waals surface area (Å²) in [6.45, 7) is 2.63. The van der Waals surface area contributed by atoms with E-state index in [1.54, 1.807) is 18.7 Å². The van der Waals surface area contributed by atoms with Crippen molar-refractivity contribution in [2.45, 2.75) is 13.5 Å². The van der Waals surface area contributed by atoms with Crippen molar-refractivity contribution in [2.75, 3.05) is 11.9 Å². The van der Waals surface area contributed by atoms with E-state index in [-0.39, 0.29) is 5.97 Å². The number of carbonyl (C=O) groups excluding carboxylic acids is 1. The van der Waals surface area contributed by atoms with Gasteiger partial charge in [-0.2, -0.15) is 5.10 Å². The minimum Gasteiger partial charge on any atom is -0.462 e. The van der Waals surface area contributed by atoms with E-state index in [2.05, 4.69) is 26.3 Å². The van der Waals surface area contributed by atoms with Gasteiger partial charge in [0, 0.05) is 17.2 Å². The van der Waals surface area contributed by atoms with Crippen molar-refractivity contribution in [3.63, 3.8) is 0 Å². The van der Waals surface area contributed by atoms with E-state index >= 15 is 0 Å². The minimum absolute atomic E-state index is 0.343. The number of nitrogens with zero attached hydrogens (tertiary/aromatic N) is 2. The SMILES string of the molecule is CCOC(=O)c1cnn(C)c1CNc1ccccc1Br. The molecule has 0 aliphatic rings. The summed E-state index contributed by atoms with van der Waals surface area (Å²) < 4.78 is 7.68. The molecule has 0 spiro atoms. The van der Waals surface area contributed by atoms with Crippen molar-refractivity contribution >= 4 is 27.6 Å². The van der Waals surface area contributed by atoms with Gasteiger partial charge in [-0.1, -0.05) is 12.1 Å². The maximum Gasteiger partial charge on any atom is 0.341 e. The molecule has 2 aromatic rings. The number of halogens is 1. The lowest BCUT2D eigenvalue weighted by Crippen LogP contribution is -2.12. The van der Waals surface area contributed by atoms with E-state index in [0.717, 1.165) is 15.9 Å². The number of esters is 1. The summed E-state index contributed by atoms with van der Waals surface area (Å²) >= 11 is 3.47. The molecule has 5 nitrogen and oxygen atoms in total. The Balaban J connectivity index is 2.15. The molecule has 0 amide bonds. The second kappa shape index (κ2) is 6.56. The Labute approximate surface area is 126 Å². The summed E-state index contributed by atoms with van der Waals surface area (Å²) in [7, 11) is 1.81. The molecule has 1 N–H and O–H groups in total. The summed E-state index contributed by atoms with van der Waals surface area (Å²) in [5.74, 6) is -0.343. The van der Waals surface area contributed by atoms with Crippen LogP contribution in [0.2, 0.25) is 0 Å². The van der Waals surface area contributed by atoms with Gasteiger partial charge in [0.05, 0.1) is 25.0 Å². The maximum atomic E-state index is 11.8. The van der Waals surface area contributed by atoms with Crippen molar-refractivity contribution in [2.24, 2.45) is 7.05 Å². The Bertz CT molecular complexity index is 610. The molecule has 0 aliphatic carbocycles. The van der Waals surface area contributed by atoms with Gasteiger partial charge < -0.3 is 10.1 Å². The summed E-state index contributed by atoms with van der Waals surface area (Å²) in [6.07, 6.45) is 1.54. The summed E-state index contributed by atoms with van der Waals surface area (Å²) in [6, 6.07) is 7.81. The van der Waals surface area contributed by atoms with Crippen LogP contribution in [0.1, 0.15) is 23.0 Å². The zero-order valence-corrected chi connectivity index (χ0v) is 13.0. The molecule has 6 heteroatoms. The van der Waals surface area contributed by atoms with Crippen LogP contribution in [0.25, 0.3) is 0 Å². The summed E-state index contributed by atoms with van der Waals surface area (Å²) in [5, 5.41) is 7.40. The predicted molar refractivity (Wildman–Crippen MR) is 80.6 cm³/mol. The normalized spacial score (nSPS) is 10.3. The first kappa shape index (κ1) is 14.6. The van der Waals surface area contributed by atoms with Gasteiger partial charge in [0.1, 0.15) is 5.56 Å². The van der Waals surface area contributed by atoms with Crippen LogP contribution in [0.3, 0.4) is 0 Å². The van der Waals surface area contributed by atoms with E-state index in [4.69, 9.17) is 4.74 Å². The smallest absolute Gasteiger partial charge is 0.341 e. The van der Waals surface area contributed by atoms with Gasteiger partial charge in [0.15, 0.2) is 0 Å². The van der Waals surface area contributed by atoms with Crippen LogP contribution in [0.4, 0.5) is 5.69 Å². The number of hydrogen-bond donors (Lipinski definition) is 1. The van der Waals surface area contributed by atoms with E-state index in [1.165, 1.54) is 6.20 Å². The van der Waals surface area contributed by atoms with Gasteiger partial charge in [-0.15, -0.1) is 0 Å². The fourth-order valence-corrected chi connectivity index (χ4v) is 2.26. The lowest BCUT2D eigenvalue weighted by Gasteiger charge is -2.10. The standard InChI is InChI=1S/C14H16BrN3O2/c1-3-20-14(19)10-8-17-18(2)13(10)9-16-12-7-5-4-6-11(12)15/h4-8,16H,3,9H2,1-2H3. The molecule has 0 aliphatic heterocycles. The number of ether oxygens (including phenoxy) is 1. The second-order valence-electron chi connectivity index (χ2n) is 4.18. The van der Waals surface area contributed by atoms with Crippen LogP contribution >= 0.6 is 15.9 Å². The fourth-order valence-electron chi connectivity index (χ4n) is 1.84. The first-order chi connectivity index (χ1) is 9.63. The number of aromatic nitrogens is 2. The number of para-hydroxylation sites is 1. The number of rotatable bonds is 5. The van der Waals surface area contributed by atoms with Crippen molar-refractivity contribution in [3.05, 3.63) is 46.2 Å². The number of aryl methyl sites for hydroxylation is 1. The molecule has 1 aromatic heterocycles. The minimum atomic E-state index is -0.343. The summed E-state index contributed by atoms with van der Waals surface area (Å²) in [4.78, 5) is 11.8. The van der Waals surface area contributed by atoms with Crippen molar-refractivity contribution in [1.82, 2.24) is 9.78 Å². The monoisotopic (exact) mass is 337 g/mol. The highest BCUT2D eigenvalue weighted by molar-refractivity contribution is 9.10. The van der Waals surface area contributed by atoms with Crippen LogP contribution < -0.4 is 5.32 Å². The van der Waals surface area contributed by atoms with E-state index in [0.29, 0.717) is 18.7 Å². The number of anilines is 1. The fraction of sp³-hybridized carbons (Fsp3) is 0.286. The van der Waals surface area contributed by atoms with Crippen LogP contribution in [0.15, 0.2) is 34.9 Å². The number of hydrogen-bond acceptors (Lipinski definition) is 4. The van der Waals surface area contributed by atoms with Gasteiger partial charge in [-0.25, -0.2) is 4.79 Å². The molecule has 20 heavy (non-hydrogen) atoms. The Kier molecular flexibility index (Phi) is 4.79. The van der Waals surface area contributed by atoms with E-state index in [9.17, 15) is 4.79 Å². The molecule has 0 radical (unpaired) electrons. The first-order valence-electron chi connectivity index (χ1n) is 6.30. The van der Waals surface area contributed by atoms with Gasteiger partial charge in [-0.3, -0.25) is 4.68 Å². The van der Waals surface area contributed by atoms with Crippen molar-refractivity contribution < 1.29 is 9.53 Å². The van der Waals surface area contributed by atoms with Gasteiger partial charge in [0.25, 0.3) is 0 Å². The molecule has 0 bridgehead atoms. The third-order valence-corrected chi connectivity index (χ3v) is 3.57. The van der Waals surface area contributed by atoms with E-state index < -0.39 is 0 Å². The Morgan fingerprint density at radius 3 is 2.90 bits per heavy atom. The van der Waals surface area contributed by atoms with Gasteiger partial charge in [0.2, 0.25) is 0 Å². The highest BCUT2D eigenvalue weighted by Gasteiger charge is 2.16. The molecular weight excluding hydrogens is 322 g/mol. The lowest BCUT2D eigenvalue weighted by molar-refractivity contribution is 0.0525. The maximum absolute atomic E-state index is 11.8. The summed E-state index contributed by atoms with van der Waals surface area (Å²) in [5.41, 5.74) is 2.25. The average molecular weight is 338 g/mol. The number of nitrogens with one attached hydrogen (secondary N) is 1. The zero-order chi connectivity index (χ0) is 14.5. The quantitative estimate of drug-likeness (QED) is 0.852. The predicted octanol–water partition coefficient (Wildman–Crippen LogP) is 2.97. The molecule has 106 valence electrons. The van der Waals surface area contributed by atoms with Crippen LogP contribution in [0.5, 0.6) is 0 Å². The van der Waals surface area contributed by atoms with Gasteiger partial charge in [-0.05, 0) is 35.0 Å². The Morgan fingerprint density at radius 2 is 2.20 bits per heavy atom. The molecule has 0 atom stereocenters. The zero-order valence-electron chi connectivity index (χ0n) is 11.4. The van der Waals surface area contributed by atoms with Crippen molar-refractivity contribution in [3.8, 4) is 0 Å². The van der Waals surface area contributed by atoms with Crippen LogP contribution in [0, 0.1) is 0 Å². The highest BCUT2D eigenvalue weighted by Crippen LogP contribution is 2.22. The number of carbonyl (C=O) groups is 1. The number of benzene rings is 1. The molecule has 0 saturated carbocycles. The largest absolute Gasteiger partial charge is 0.462 e. The average Bonchev–Trinajstić information content (AvgIpc) is 2.79. The molecular formula is C14H16BrN3O2.